The Morgan fingerprint density at radius 2 is 1.79 bits per heavy atom. The number of nitrogens with one attached hydrogen (secondary N) is 1. The van der Waals surface area contributed by atoms with Crippen LogP contribution in [0.3, 0.4) is 0 Å². The van der Waals surface area contributed by atoms with Crippen LogP contribution in [0.5, 0.6) is 0 Å². The Hall–Kier alpha value is -3.07. The molecule has 0 saturated heterocycles. The fraction of sp³-hybridized carbons (Fsp3) is 0.150. The third kappa shape index (κ3) is 4.04. The van der Waals surface area contributed by atoms with Crippen LogP contribution in [0, 0.1) is 0 Å². The molecule has 2 aromatic carbocycles. The minimum absolute atomic E-state index is 0.292. The molecule has 1 N–H and O–H groups in total. The van der Waals surface area contributed by atoms with E-state index in [0.717, 1.165) is 28.8 Å². The van der Waals surface area contributed by atoms with Gasteiger partial charge in [0, 0.05) is 29.8 Å². The molecule has 0 saturated carbocycles. The molecular formula is C20H15F3N4OS. The molecule has 0 radical (unpaired) electrons. The first-order chi connectivity index (χ1) is 13.8. The van der Waals surface area contributed by atoms with Gasteiger partial charge in [0.15, 0.2) is 0 Å². The molecule has 1 atom stereocenters. The minimum atomic E-state index is -4.40. The monoisotopic (exact) mass is 416 g/mol. The molecule has 3 aromatic rings. The van der Waals surface area contributed by atoms with Crippen LogP contribution in [-0.2, 0) is 17.0 Å². The van der Waals surface area contributed by atoms with Gasteiger partial charge in [-0.2, -0.15) is 13.2 Å². The van der Waals surface area contributed by atoms with Gasteiger partial charge in [0.2, 0.25) is 0 Å². The van der Waals surface area contributed by atoms with Crippen molar-refractivity contribution >= 4 is 38.7 Å². The lowest BCUT2D eigenvalue weighted by molar-refractivity contribution is -0.137. The summed E-state index contributed by atoms with van der Waals surface area (Å²) in [7, 11) is -1.17. The zero-order valence-electron chi connectivity index (χ0n) is 15.2. The highest BCUT2D eigenvalue weighted by molar-refractivity contribution is 8.00. The maximum Gasteiger partial charge on any atom is 0.416 e. The second kappa shape index (κ2) is 7.40. The molecule has 4 rings (SSSR count). The highest BCUT2D eigenvalue weighted by Crippen LogP contribution is 2.32. The Labute approximate surface area is 166 Å². The Morgan fingerprint density at radius 3 is 2.48 bits per heavy atom. The van der Waals surface area contributed by atoms with Crippen molar-refractivity contribution in [1.82, 2.24) is 9.97 Å². The number of imidazole rings is 1. The van der Waals surface area contributed by atoms with E-state index in [9.17, 15) is 17.4 Å². The van der Waals surface area contributed by atoms with Gasteiger partial charge in [-0.05, 0) is 23.8 Å². The predicted octanol–water partition coefficient (Wildman–Crippen LogP) is 4.45. The van der Waals surface area contributed by atoms with Gasteiger partial charge in [0.1, 0.15) is 10.9 Å². The van der Waals surface area contributed by atoms with Crippen molar-refractivity contribution in [3.63, 3.8) is 0 Å². The van der Waals surface area contributed by atoms with Gasteiger partial charge in [0.25, 0.3) is 0 Å². The number of hydrogen-bond acceptors (Lipinski definition) is 4. The molecule has 1 aromatic heterocycles. The first-order valence-electron chi connectivity index (χ1n) is 8.59. The summed E-state index contributed by atoms with van der Waals surface area (Å²) >= 11 is 0. The summed E-state index contributed by atoms with van der Waals surface area (Å²) in [5.41, 5.74) is 2.44. The summed E-state index contributed by atoms with van der Waals surface area (Å²) in [6.07, 6.45) is 0.467. The molecule has 0 fully saturated rings. The molecule has 0 spiro atoms. The Bertz CT molecular complexity index is 1190. The molecule has 1 aliphatic heterocycles. The van der Waals surface area contributed by atoms with Crippen molar-refractivity contribution in [3.8, 4) is 11.4 Å². The first kappa shape index (κ1) is 19.3. The number of allylic oxidation sites excluding steroid dienone is 1. The molecule has 2 heterocycles. The molecule has 148 valence electrons. The van der Waals surface area contributed by atoms with E-state index in [1.807, 2.05) is 24.3 Å². The maximum atomic E-state index is 12.9. The second-order valence-corrected chi connectivity index (χ2v) is 7.80. The number of halogens is 3. The Kier molecular flexibility index (Phi) is 4.91. The van der Waals surface area contributed by atoms with E-state index in [4.69, 9.17) is 0 Å². The third-order valence-electron chi connectivity index (χ3n) is 4.44. The topological polar surface area (TPSA) is 70.5 Å². The van der Waals surface area contributed by atoms with E-state index in [-0.39, 0.29) is 0 Å². The van der Waals surface area contributed by atoms with E-state index in [0.29, 0.717) is 28.4 Å². The maximum absolute atomic E-state index is 12.9. The zero-order chi connectivity index (χ0) is 20.6. The number of benzene rings is 2. The van der Waals surface area contributed by atoms with Crippen LogP contribution in [0.2, 0.25) is 0 Å². The normalized spacial score (nSPS) is 15.7. The smallest absolute Gasteiger partial charge is 0.338 e. The summed E-state index contributed by atoms with van der Waals surface area (Å²) in [5, 5.41) is 0.508. The van der Waals surface area contributed by atoms with Gasteiger partial charge in [-0.1, -0.05) is 24.3 Å². The van der Waals surface area contributed by atoms with E-state index in [1.54, 1.807) is 18.7 Å². The number of hydrogen-bond donors (Lipinski definition) is 1. The van der Waals surface area contributed by atoms with Gasteiger partial charge < -0.3 is 4.98 Å². The molecule has 0 amide bonds. The van der Waals surface area contributed by atoms with Crippen LogP contribution in [0.4, 0.5) is 13.2 Å². The van der Waals surface area contributed by atoms with E-state index < -0.39 is 22.5 Å². The van der Waals surface area contributed by atoms with Crippen molar-refractivity contribution in [3.05, 3.63) is 59.8 Å². The van der Waals surface area contributed by atoms with Crippen molar-refractivity contribution in [2.24, 2.45) is 9.98 Å². The fourth-order valence-electron chi connectivity index (χ4n) is 2.90. The molecular weight excluding hydrogens is 401 g/mol. The van der Waals surface area contributed by atoms with Crippen molar-refractivity contribution in [2.45, 2.75) is 6.18 Å². The molecule has 1 aliphatic rings. The molecule has 9 heteroatoms. The van der Waals surface area contributed by atoms with Crippen LogP contribution >= 0.6 is 0 Å². The third-order valence-corrected chi connectivity index (χ3v) is 5.34. The summed E-state index contributed by atoms with van der Waals surface area (Å²) in [5.74, 6) is 0.482. The lowest BCUT2D eigenvalue weighted by Crippen LogP contribution is -2.08. The number of aromatic nitrogens is 2. The van der Waals surface area contributed by atoms with Crippen LogP contribution < -0.4 is 0 Å². The average Bonchev–Trinajstić information content (AvgIpc) is 2.95. The van der Waals surface area contributed by atoms with Crippen molar-refractivity contribution in [2.75, 3.05) is 12.8 Å². The first-order valence-corrected chi connectivity index (χ1v) is 10.1. The largest absolute Gasteiger partial charge is 0.416 e. The highest BCUT2D eigenvalue weighted by atomic mass is 32.2. The number of aromatic amines is 1. The van der Waals surface area contributed by atoms with E-state index in [1.165, 1.54) is 6.07 Å². The van der Waals surface area contributed by atoms with Crippen molar-refractivity contribution < 1.29 is 17.4 Å². The van der Waals surface area contributed by atoms with Crippen molar-refractivity contribution in [1.29, 1.82) is 0 Å². The molecule has 0 aliphatic carbocycles. The SMILES string of the molecule is CS(=O)C1=NC=C(c2ccc(-c3nc4ccc(C(F)(F)F)cc4[nH]3)cc2)C=NC1. The number of nitrogens with zero attached hydrogens (tertiary/aromatic N) is 3. The zero-order valence-corrected chi connectivity index (χ0v) is 16.0. The van der Waals surface area contributed by atoms with Crippen LogP contribution in [0.25, 0.3) is 28.0 Å². The standard InChI is InChI=1S/C20H15F3N4OS/c1-29(28)18-11-24-9-14(10-25-18)12-2-4-13(5-3-12)19-26-16-7-6-15(20(21,22)23)8-17(16)27-19/h2-10H,11H2,1H3,(H,26,27). The molecule has 1 unspecified atom stereocenters. The van der Waals surface area contributed by atoms with E-state index >= 15 is 0 Å². The second-order valence-electron chi connectivity index (χ2n) is 6.42. The van der Waals surface area contributed by atoms with Gasteiger partial charge in [-0.25, -0.2) is 9.98 Å². The molecule has 5 nitrogen and oxygen atoms in total. The van der Waals surface area contributed by atoms with Gasteiger partial charge in [-0.15, -0.1) is 0 Å². The van der Waals surface area contributed by atoms with Crippen LogP contribution in [-0.4, -0.2) is 38.2 Å². The summed E-state index contributed by atoms with van der Waals surface area (Å²) in [4.78, 5) is 15.8. The number of alkyl halides is 3. The number of aliphatic imine (C=N–C) groups is 2. The van der Waals surface area contributed by atoms with Gasteiger partial charge in [0.05, 0.1) is 33.9 Å². The van der Waals surface area contributed by atoms with E-state index in [2.05, 4.69) is 20.0 Å². The molecule has 0 bridgehead atoms. The van der Waals surface area contributed by atoms with Gasteiger partial charge >= 0.3 is 6.18 Å². The lowest BCUT2D eigenvalue weighted by atomic mass is 10.1. The van der Waals surface area contributed by atoms with Crippen LogP contribution in [0.15, 0.2) is 58.6 Å². The number of fused-ring (bicyclic) bond motifs is 1. The minimum Gasteiger partial charge on any atom is -0.338 e. The van der Waals surface area contributed by atoms with Gasteiger partial charge in [-0.3, -0.25) is 9.20 Å². The lowest BCUT2D eigenvalue weighted by Gasteiger charge is -2.05. The predicted molar refractivity (Wildman–Crippen MR) is 109 cm³/mol. The number of rotatable bonds is 2. The fourth-order valence-corrected chi connectivity index (χ4v) is 3.35. The summed E-state index contributed by atoms with van der Waals surface area (Å²) in [6.45, 7) is 0.292. The van der Waals surface area contributed by atoms with Crippen LogP contribution in [0.1, 0.15) is 11.1 Å². The quantitative estimate of drug-likeness (QED) is 0.671. The average molecular weight is 416 g/mol. The highest BCUT2D eigenvalue weighted by Gasteiger charge is 2.30. The summed E-state index contributed by atoms with van der Waals surface area (Å²) < 4.78 is 50.2. The Balaban J connectivity index is 1.64. The molecule has 29 heavy (non-hydrogen) atoms. The Morgan fingerprint density at radius 1 is 1.07 bits per heavy atom. The summed E-state index contributed by atoms with van der Waals surface area (Å²) in [6, 6.07) is 10.8. The number of H-pyrrole nitrogens is 1.